The summed E-state index contributed by atoms with van der Waals surface area (Å²) in [6, 6.07) is 0. The molecular weight excluding hydrogens is 218 g/mol. The number of ether oxygens (including phenoxy) is 1. The van der Waals surface area contributed by atoms with Crippen molar-refractivity contribution in [2.45, 2.75) is 30.5 Å². The van der Waals surface area contributed by atoms with E-state index in [9.17, 15) is 0 Å². The molecule has 1 aliphatic carbocycles. The maximum atomic E-state index is 5.47. The molecule has 0 spiro atoms. The maximum absolute atomic E-state index is 5.47. The normalized spacial score (nSPS) is 35.9. The first-order chi connectivity index (χ1) is 5.86. The van der Waals surface area contributed by atoms with E-state index in [2.05, 4.69) is 20.9 Å². The van der Waals surface area contributed by atoms with Gasteiger partial charge in [0.05, 0.1) is 6.54 Å². The molecule has 1 fully saturated rings. The Bertz CT molecular complexity index is 193. The molecule has 1 aliphatic heterocycles. The van der Waals surface area contributed by atoms with E-state index in [4.69, 9.17) is 4.74 Å². The van der Waals surface area contributed by atoms with Crippen molar-refractivity contribution in [1.29, 1.82) is 0 Å². The zero-order chi connectivity index (χ0) is 8.39. The fourth-order valence-electron chi connectivity index (χ4n) is 1.95. The van der Waals surface area contributed by atoms with Crippen LogP contribution < -0.4 is 0 Å². The number of hydrogen-bond acceptors (Lipinski definition) is 2. The molecule has 0 amide bonds. The van der Waals surface area contributed by atoms with Crippen LogP contribution in [0.1, 0.15) is 25.7 Å². The van der Waals surface area contributed by atoms with Crippen molar-refractivity contribution >= 4 is 21.8 Å². The van der Waals surface area contributed by atoms with Crippen LogP contribution in [-0.2, 0) is 4.74 Å². The van der Waals surface area contributed by atoms with Gasteiger partial charge in [0.15, 0.2) is 5.90 Å². The Morgan fingerprint density at radius 1 is 1.42 bits per heavy atom. The minimum Gasteiger partial charge on any atom is -0.479 e. The molecule has 68 valence electrons. The summed E-state index contributed by atoms with van der Waals surface area (Å²) < 4.78 is 5.47. The number of hydrogen-bond donors (Lipinski definition) is 0. The Hall–Kier alpha value is -0.0500. The summed E-state index contributed by atoms with van der Waals surface area (Å²) in [5.41, 5.74) is 0. The average Bonchev–Trinajstić information content (AvgIpc) is 2.56. The lowest BCUT2D eigenvalue weighted by atomic mass is 9.89. The van der Waals surface area contributed by atoms with Crippen LogP contribution in [0.15, 0.2) is 4.99 Å². The average molecular weight is 232 g/mol. The van der Waals surface area contributed by atoms with Gasteiger partial charge in [0.25, 0.3) is 0 Å². The molecule has 1 heterocycles. The number of rotatable bonds is 1. The molecule has 0 aromatic heterocycles. The topological polar surface area (TPSA) is 21.6 Å². The van der Waals surface area contributed by atoms with Crippen molar-refractivity contribution in [3.05, 3.63) is 0 Å². The van der Waals surface area contributed by atoms with Crippen LogP contribution in [0, 0.1) is 5.92 Å². The van der Waals surface area contributed by atoms with Gasteiger partial charge in [0, 0.05) is 10.7 Å². The van der Waals surface area contributed by atoms with Gasteiger partial charge in [0.1, 0.15) is 6.61 Å². The molecule has 0 N–H and O–H groups in total. The molecule has 3 heteroatoms. The highest BCUT2D eigenvalue weighted by molar-refractivity contribution is 9.09. The zero-order valence-electron chi connectivity index (χ0n) is 7.13. The SMILES string of the molecule is BrC1CCCC(C2=NCCO2)C1. The minimum atomic E-state index is 0.602. The summed E-state index contributed by atoms with van der Waals surface area (Å²) in [5, 5.41) is 0. The summed E-state index contributed by atoms with van der Waals surface area (Å²) in [6.07, 6.45) is 5.09. The monoisotopic (exact) mass is 231 g/mol. The van der Waals surface area contributed by atoms with E-state index in [-0.39, 0.29) is 0 Å². The van der Waals surface area contributed by atoms with E-state index in [0.717, 1.165) is 19.0 Å². The van der Waals surface area contributed by atoms with Crippen LogP contribution in [-0.4, -0.2) is 23.9 Å². The van der Waals surface area contributed by atoms with Gasteiger partial charge < -0.3 is 4.74 Å². The lowest BCUT2D eigenvalue weighted by Crippen LogP contribution is -2.23. The standard InChI is InChI=1S/C9H14BrNO/c10-8-3-1-2-7(6-8)9-11-4-5-12-9/h7-8H,1-6H2. The first-order valence-corrected chi connectivity index (χ1v) is 5.59. The third-order valence-electron chi connectivity index (χ3n) is 2.57. The van der Waals surface area contributed by atoms with Crippen molar-refractivity contribution in [2.75, 3.05) is 13.2 Å². The molecule has 1 saturated carbocycles. The third kappa shape index (κ3) is 1.82. The van der Waals surface area contributed by atoms with Crippen LogP contribution in [0.4, 0.5) is 0 Å². The molecule has 2 aliphatic rings. The van der Waals surface area contributed by atoms with E-state index in [0.29, 0.717) is 10.7 Å². The smallest absolute Gasteiger partial charge is 0.186 e. The second-order valence-electron chi connectivity index (χ2n) is 3.53. The highest BCUT2D eigenvalue weighted by atomic mass is 79.9. The molecule has 12 heavy (non-hydrogen) atoms. The van der Waals surface area contributed by atoms with E-state index in [1.165, 1.54) is 25.7 Å². The molecule has 2 nitrogen and oxygen atoms in total. The van der Waals surface area contributed by atoms with E-state index >= 15 is 0 Å². The van der Waals surface area contributed by atoms with Crippen LogP contribution in [0.5, 0.6) is 0 Å². The predicted octanol–water partition coefficient (Wildman–Crippen LogP) is 2.37. The Morgan fingerprint density at radius 2 is 2.33 bits per heavy atom. The van der Waals surface area contributed by atoms with Gasteiger partial charge in [-0.25, -0.2) is 0 Å². The van der Waals surface area contributed by atoms with Crippen molar-refractivity contribution in [1.82, 2.24) is 0 Å². The predicted molar refractivity (Wildman–Crippen MR) is 52.9 cm³/mol. The van der Waals surface area contributed by atoms with Crippen LogP contribution in [0.25, 0.3) is 0 Å². The van der Waals surface area contributed by atoms with Crippen molar-refractivity contribution in [3.63, 3.8) is 0 Å². The van der Waals surface area contributed by atoms with Gasteiger partial charge in [-0.2, -0.15) is 0 Å². The lowest BCUT2D eigenvalue weighted by molar-refractivity contribution is 0.302. The van der Waals surface area contributed by atoms with E-state index < -0.39 is 0 Å². The van der Waals surface area contributed by atoms with Crippen LogP contribution >= 0.6 is 15.9 Å². The summed E-state index contributed by atoms with van der Waals surface area (Å²) in [4.78, 5) is 5.05. The molecule has 0 aromatic rings. The summed E-state index contributed by atoms with van der Waals surface area (Å²) in [7, 11) is 0. The van der Waals surface area contributed by atoms with Gasteiger partial charge >= 0.3 is 0 Å². The highest BCUT2D eigenvalue weighted by Crippen LogP contribution is 2.30. The number of alkyl halides is 1. The quantitative estimate of drug-likeness (QED) is 0.636. The maximum Gasteiger partial charge on any atom is 0.186 e. The second kappa shape index (κ2) is 3.77. The molecule has 0 aromatic carbocycles. The molecule has 0 bridgehead atoms. The Balaban J connectivity index is 1.94. The van der Waals surface area contributed by atoms with Crippen molar-refractivity contribution < 1.29 is 4.74 Å². The van der Waals surface area contributed by atoms with E-state index in [1.54, 1.807) is 0 Å². The van der Waals surface area contributed by atoms with E-state index in [1.807, 2.05) is 0 Å². The first kappa shape index (κ1) is 8.54. The Morgan fingerprint density at radius 3 is 3.00 bits per heavy atom. The lowest BCUT2D eigenvalue weighted by Gasteiger charge is -2.24. The van der Waals surface area contributed by atoms with Gasteiger partial charge in [-0.3, -0.25) is 4.99 Å². The van der Waals surface area contributed by atoms with Crippen LogP contribution in [0.3, 0.4) is 0 Å². The molecule has 2 atom stereocenters. The number of halogens is 1. The Labute approximate surface area is 81.5 Å². The number of nitrogens with zero attached hydrogens (tertiary/aromatic N) is 1. The summed E-state index contributed by atoms with van der Waals surface area (Å²) in [5.74, 6) is 1.63. The van der Waals surface area contributed by atoms with Gasteiger partial charge in [-0.05, 0) is 19.3 Å². The second-order valence-corrected chi connectivity index (χ2v) is 4.82. The van der Waals surface area contributed by atoms with Gasteiger partial charge in [-0.15, -0.1) is 0 Å². The van der Waals surface area contributed by atoms with Gasteiger partial charge in [0.2, 0.25) is 0 Å². The minimum absolute atomic E-state index is 0.602. The molecule has 2 unspecified atom stereocenters. The Kier molecular flexibility index (Phi) is 2.69. The first-order valence-electron chi connectivity index (χ1n) is 4.67. The summed E-state index contributed by atoms with van der Waals surface area (Å²) in [6.45, 7) is 1.68. The molecule has 0 saturated heterocycles. The van der Waals surface area contributed by atoms with Crippen LogP contribution in [0.2, 0.25) is 0 Å². The third-order valence-corrected chi connectivity index (χ3v) is 3.40. The zero-order valence-corrected chi connectivity index (χ0v) is 8.72. The molecule has 2 rings (SSSR count). The van der Waals surface area contributed by atoms with Gasteiger partial charge in [-0.1, -0.05) is 22.4 Å². The molecule has 0 radical (unpaired) electrons. The molecular formula is C9H14BrNO. The number of aliphatic imine (C=N–C) groups is 1. The van der Waals surface area contributed by atoms with Crippen molar-refractivity contribution in [3.8, 4) is 0 Å². The fraction of sp³-hybridized carbons (Fsp3) is 0.889. The highest BCUT2D eigenvalue weighted by Gasteiger charge is 2.26. The fourth-order valence-corrected chi connectivity index (χ4v) is 2.73. The summed E-state index contributed by atoms with van der Waals surface area (Å²) >= 11 is 3.67. The largest absolute Gasteiger partial charge is 0.479 e. The van der Waals surface area contributed by atoms with Crippen molar-refractivity contribution in [2.24, 2.45) is 10.9 Å².